The van der Waals surface area contributed by atoms with E-state index in [2.05, 4.69) is 16.0 Å². The number of benzene rings is 2. The van der Waals surface area contributed by atoms with E-state index in [1.807, 2.05) is 0 Å². The minimum Gasteiger partial charge on any atom is -0.745 e. The maximum Gasteiger partial charge on any atom is 1.00 e. The van der Waals surface area contributed by atoms with Crippen LogP contribution in [0.5, 0.6) is 0 Å². The molecule has 2 aromatic rings. The summed E-state index contributed by atoms with van der Waals surface area (Å²) in [6.07, 6.45) is 0.207. The van der Waals surface area contributed by atoms with E-state index in [1.165, 1.54) is 43.3 Å². The number of rotatable bonds is 15. The Hall–Kier alpha value is -2.82. The van der Waals surface area contributed by atoms with Gasteiger partial charge in [0.05, 0.1) is 6.04 Å². The Morgan fingerprint density at radius 3 is 2.27 bits per heavy atom. The standard InChI is InChI=1S/C34H42ClF2N3O9S.Na/c1-2-28(41)48-32(50(45,46)47)27(19-23-16-17-38-30(23)42)39-31(43)26(18-21-10-5-3-6-11-21)40-33(44)49-29(22-12-7-4-8-13-22)34(36,37)24-14-9-15-25(35)20-24;/h4,7-9,12-15,20-21,23,26-27,29,32H,2-3,5-6,10-11,16-19H2,1H3,(H,38,42)(H,39,43)(H,40,44)(H,45,46,47);/q;+1/p-1/t23-,26-,27-,29+,32?;/m0./s1. The van der Waals surface area contributed by atoms with E-state index in [9.17, 15) is 32.1 Å². The Balaban J connectivity index is 0.00000702. The number of alkyl halides is 2. The van der Waals surface area contributed by atoms with Crippen molar-refractivity contribution in [2.45, 2.75) is 94.3 Å². The van der Waals surface area contributed by atoms with Crippen LogP contribution in [0.1, 0.15) is 81.9 Å². The van der Waals surface area contributed by atoms with Gasteiger partial charge in [0.25, 0.3) is 0 Å². The van der Waals surface area contributed by atoms with Crippen molar-refractivity contribution >= 4 is 45.6 Å². The quantitative estimate of drug-likeness (QED) is 0.139. The summed E-state index contributed by atoms with van der Waals surface area (Å²) < 4.78 is 79.5. The SMILES string of the molecule is CCC(=O)OC([C@H](C[C@@H]1CCNC1=O)NC(=O)[C@H](CC1CCCCC1)NC(=O)O[C@H](c1ccccc1)C(F)(F)c1cccc(Cl)c1)S(=O)(=O)[O-].[Na+]. The van der Waals surface area contributed by atoms with Crippen molar-refractivity contribution in [3.8, 4) is 0 Å². The van der Waals surface area contributed by atoms with Gasteiger partial charge in [-0.05, 0) is 42.9 Å². The van der Waals surface area contributed by atoms with Gasteiger partial charge in [0.2, 0.25) is 17.3 Å². The topological polar surface area (TPSA) is 180 Å². The van der Waals surface area contributed by atoms with Gasteiger partial charge in [-0.1, -0.05) is 93.1 Å². The molecule has 0 aromatic heterocycles. The molecule has 1 aliphatic heterocycles. The van der Waals surface area contributed by atoms with Crippen LogP contribution in [0.2, 0.25) is 5.02 Å². The summed E-state index contributed by atoms with van der Waals surface area (Å²) >= 11 is 5.99. The van der Waals surface area contributed by atoms with Crippen LogP contribution >= 0.6 is 11.6 Å². The molecular weight excluding hydrogens is 723 g/mol. The zero-order valence-electron chi connectivity index (χ0n) is 28.4. The fourth-order valence-electron chi connectivity index (χ4n) is 6.35. The minimum absolute atomic E-state index is 0. The van der Waals surface area contributed by atoms with Gasteiger partial charge in [-0.2, -0.15) is 8.78 Å². The first-order valence-electron chi connectivity index (χ1n) is 16.6. The predicted octanol–water partition coefficient (Wildman–Crippen LogP) is 2.08. The van der Waals surface area contributed by atoms with E-state index in [-0.39, 0.29) is 78.3 Å². The van der Waals surface area contributed by atoms with Gasteiger partial charge in [-0.15, -0.1) is 0 Å². The van der Waals surface area contributed by atoms with Crippen molar-refractivity contribution in [1.29, 1.82) is 0 Å². The molecule has 3 amide bonds. The van der Waals surface area contributed by atoms with Crippen LogP contribution < -0.4 is 45.5 Å². The van der Waals surface area contributed by atoms with Gasteiger partial charge in [-0.25, -0.2) is 13.2 Å². The molecular formula is C34H41ClF2N3NaO9S. The molecule has 0 bridgehead atoms. The van der Waals surface area contributed by atoms with Crippen molar-refractivity contribution in [3.05, 3.63) is 70.7 Å². The smallest absolute Gasteiger partial charge is 0.745 e. The number of esters is 1. The third kappa shape index (κ3) is 12.1. The number of hydrogen-bond donors (Lipinski definition) is 3. The Kier molecular flexibility index (Phi) is 16.1. The number of ether oxygens (including phenoxy) is 2. The summed E-state index contributed by atoms with van der Waals surface area (Å²) in [6.45, 7) is 1.65. The zero-order chi connectivity index (χ0) is 36.5. The monoisotopic (exact) mass is 763 g/mol. The number of alkyl carbamates (subject to hydrolysis) is 1. The summed E-state index contributed by atoms with van der Waals surface area (Å²) in [5, 5.41) is 7.45. The van der Waals surface area contributed by atoms with Gasteiger partial charge in [0.1, 0.15) is 16.2 Å². The number of nitrogens with one attached hydrogen (secondary N) is 3. The average Bonchev–Trinajstić information content (AvgIpc) is 3.49. The molecule has 5 atom stereocenters. The second-order valence-electron chi connectivity index (χ2n) is 12.6. The number of amides is 3. The molecule has 1 aliphatic carbocycles. The molecule has 3 N–H and O–H groups in total. The third-order valence-electron chi connectivity index (χ3n) is 8.95. The molecule has 1 heterocycles. The van der Waals surface area contributed by atoms with Gasteiger partial charge in [0, 0.05) is 29.5 Å². The summed E-state index contributed by atoms with van der Waals surface area (Å²) in [5.41, 5.74) is -2.95. The molecule has 1 unspecified atom stereocenters. The minimum atomic E-state index is -5.39. The molecule has 2 aliphatic rings. The van der Waals surface area contributed by atoms with Crippen molar-refractivity contribution in [2.75, 3.05) is 6.54 Å². The second-order valence-corrected chi connectivity index (χ2v) is 14.5. The molecule has 1 saturated heterocycles. The van der Waals surface area contributed by atoms with Crippen LogP contribution in [0, 0.1) is 11.8 Å². The van der Waals surface area contributed by atoms with Gasteiger partial charge >= 0.3 is 47.5 Å². The summed E-state index contributed by atoms with van der Waals surface area (Å²) in [7, 11) is -5.39. The molecule has 2 fully saturated rings. The van der Waals surface area contributed by atoms with Gasteiger partial charge < -0.3 is 30.0 Å². The van der Waals surface area contributed by atoms with Crippen LogP contribution in [0.3, 0.4) is 0 Å². The fourth-order valence-corrected chi connectivity index (χ4v) is 7.35. The summed E-state index contributed by atoms with van der Waals surface area (Å²) in [5.74, 6) is -7.13. The summed E-state index contributed by atoms with van der Waals surface area (Å²) in [6, 6.07) is 9.11. The van der Waals surface area contributed by atoms with Crippen molar-refractivity contribution in [1.82, 2.24) is 16.0 Å². The molecule has 1 saturated carbocycles. The Bertz CT molecular complexity index is 1620. The molecule has 274 valence electrons. The predicted molar refractivity (Wildman–Crippen MR) is 177 cm³/mol. The molecule has 17 heteroatoms. The Morgan fingerprint density at radius 2 is 1.69 bits per heavy atom. The van der Waals surface area contributed by atoms with E-state index < -0.39 is 75.0 Å². The van der Waals surface area contributed by atoms with Crippen LogP contribution in [0.15, 0.2) is 54.6 Å². The summed E-state index contributed by atoms with van der Waals surface area (Å²) in [4.78, 5) is 52.0. The number of halogens is 3. The van der Waals surface area contributed by atoms with E-state index in [0.29, 0.717) is 12.8 Å². The maximum atomic E-state index is 16.0. The van der Waals surface area contributed by atoms with Crippen molar-refractivity contribution in [2.24, 2.45) is 11.8 Å². The van der Waals surface area contributed by atoms with E-state index in [1.54, 1.807) is 6.07 Å². The Morgan fingerprint density at radius 1 is 1.00 bits per heavy atom. The first-order chi connectivity index (χ1) is 23.7. The first kappa shape index (κ1) is 42.6. The van der Waals surface area contributed by atoms with E-state index >= 15 is 8.78 Å². The fraction of sp³-hybridized carbons (Fsp3) is 0.529. The zero-order valence-corrected chi connectivity index (χ0v) is 32.0. The second kappa shape index (κ2) is 19.3. The van der Waals surface area contributed by atoms with Gasteiger partial charge in [-0.3, -0.25) is 14.4 Å². The van der Waals surface area contributed by atoms with Crippen LogP contribution in [-0.4, -0.2) is 60.9 Å². The molecule has 0 radical (unpaired) electrons. The average molecular weight is 764 g/mol. The van der Waals surface area contributed by atoms with E-state index in [0.717, 1.165) is 31.4 Å². The third-order valence-corrected chi connectivity index (χ3v) is 10.2. The van der Waals surface area contributed by atoms with Crippen LogP contribution in [0.4, 0.5) is 13.6 Å². The molecule has 2 aromatic carbocycles. The number of carbonyl (C=O) groups excluding carboxylic acids is 4. The van der Waals surface area contributed by atoms with E-state index in [4.69, 9.17) is 21.1 Å². The maximum absolute atomic E-state index is 16.0. The van der Waals surface area contributed by atoms with Crippen LogP contribution in [0.25, 0.3) is 0 Å². The van der Waals surface area contributed by atoms with Gasteiger partial charge in [0.15, 0.2) is 6.10 Å². The van der Waals surface area contributed by atoms with Crippen molar-refractivity contribution < 1.29 is 80.0 Å². The molecule has 4 rings (SSSR count). The number of carbonyl (C=O) groups is 4. The normalized spacial score (nSPS) is 19.0. The largest absolute Gasteiger partial charge is 1.00 e. The first-order valence-corrected chi connectivity index (χ1v) is 18.4. The van der Waals surface area contributed by atoms with Crippen LogP contribution in [-0.2, 0) is 39.9 Å². The molecule has 51 heavy (non-hydrogen) atoms. The molecule has 12 nitrogen and oxygen atoms in total. The van der Waals surface area contributed by atoms with Crippen molar-refractivity contribution in [3.63, 3.8) is 0 Å². The molecule has 0 spiro atoms. The Labute approximate surface area is 323 Å². The number of hydrogen-bond acceptors (Lipinski definition) is 9.